The summed E-state index contributed by atoms with van der Waals surface area (Å²) in [7, 11) is 1.39. The zero-order chi connectivity index (χ0) is 13.7. The third-order valence-corrected chi connectivity index (χ3v) is 3.00. The Morgan fingerprint density at radius 1 is 1.16 bits per heavy atom. The topological polar surface area (TPSA) is 46.5 Å². The van der Waals surface area contributed by atoms with Gasteiger partial charge in [0.15, 0.2) is 0 Å². The minimum Gasteiger partial charge on any atom is -0.469 e. The highest BCUT2D eigenvalue weighted by Gasteiger charge is 2.09. The monoisotopic (exact) mass is 256 g/mol. The second kappa shape index (κ2) is 6.16. The molecule has 0 aliphatic rings. The molecule has 19 heavy (non-hydrogen) atoms. The number of hydrogen-bond donors (Lipinski definition) is 1. The number of hydrogen-bond acceptors (Lipinski definition) is 3. The summed E-state index contributed by atoms with van der Waals surface area (Å²) in [6.07, 6.45) is 0.246. The standard InChI is InChI=1S/C16H16O3/c1-19-16(18)10-14-6-2-3-8-15(14)13-7-4-5-12(9-13)11-17/h2-9,17H,10-11H2,1H3. The van der Waals surface area contributed by atoms with Crippen LogP contribution in [0.1, 0.15) is 11.1 Å². The largest absolute Gasteiger partial charge is 0.469 e. The first-order valence-corrected chi connectivity index (χ1v) is 6.09. The molecule has 0 unspecified atom stereocenters. The molecule has 0 atom stereocenters. The lowest BCUT2D eigenvalue weighted by atomic mass is 9.96. The molecule has 2 aromatic rings. The first kappa shape index (κ1) is 13.3. The quantitative estimate of drug-likeness (QED) is 0.855. The van der Waals surface area contributed by atoms with Crippen LogP contribution < -0.4 is 0 Å². The molecule has 3 heteroatoms. The molecule has 0 aromatic heterocycles. The maximum absolute atomic E-state index is 11.4. The normalized spacial score (nSPS) is 10.2. The number of benzene rings is 2. The number of carbonyl (C=O) groups excluding carboxylic acids is 1. The number of aliphatic hydroxyl groups is 1. The fourth-order valence-corrected chi connectivity index (χ4v) is 2.02. The molecule has 0 aliphatic heterocycles. The summed E-state index contributed by atoms with van der Waals surface area (Å²) in [6, 6.07) is 15.4. The average Bonchev–Trinajstić information content (AvgIpc) is 2.47. The summed E-state index contributed by atoms with van der Waals surface area (Å²) >= 11 is 0. The number of methoxy groups -OCH3 is 1. The molecule has 0 saturated heterocycles. The Balaban J connectivity index is 2.40. The Hall–Kier alpha value is -2.13. The van der Waals surface area contributed by atoms with E-state index >= 15 is 0 Å². The van der Waals surface area contributed by atoms with E-state index in [9.17, 15) is 9.90 Å². The molecule has 1 N–H and O–H groups in total. The van der Waals surface area contributed by atoms with Crippen LogP contribution in [0.5, 0.6) is 0 Å². The molecule has 0 aliphatic carbocycles. The predicted octanol–water partition coefficient (Wildman–Crippen LogP) is 2.56. The summed E-state index contributed by atoms with van der Waals surface area (Å²) in [5, 5.41) is 9.19. The molecule has 98 valence electrons. The van der Waals surface area contributed by atoms with Crippen LogP contribution in [-0.2, 0) is 22.6 Å². The van der Waals surface area contributed by atoms with Crippen molar-refractivity contribution >= 4 is 5.97 Å². The van der Waals surface area contributed by atoms with Gasteiger partial charge in [0.25, 0.3) is 0 Å². The van der Waals surface area contributed by atoms with Crippen LogP contribution in [0.3, 0.4) is 0 Å². The molecule has 3 nitrogen and oxygen atoms in total. The van der Waals surface area contributed by atoms with Crippen LogP contribution in [0.2, 0.25) is 0 Å². The lowest BCUT2D eigenvalue weighted by Gasteiger charge is -2.09. The molecular weight excluding hydrogens is 240 g/mol. The highest BCUT2D eigenvalue weighted by molar-refractivity contribution is 5.78. The maximum atomic E-state index is 11.4. The number of rotatable bonds is 4. The molecular formula is C16H16O3. The van der Waals surface area contributed by atoms with Gasteiger partial charge in [0.05, 0.1) is 20.1 Å². The van der Waals surface area contributed by atoms with Crippen LogP contribution in [0.25, 0.3) is 11.1 Å². The average molecular weight is 256 g/mol. The molecule has 0 fully saturated rings. The predicted molar refractivity (Wildman–Crippen MR) is 73.5 cm³/mol. The van der Waals surface area contributed by atoms with Gasteiger partial charge in [-0.2, -0.15) is 0 Å². The fourth-order valence-electron chi connectivity index (χ4n) is 2.02. The number of ether oxygens (including phenoxy) is 1. The van der Waals surface area contributed by atoms with Crippen molar-refractivity contribution in [2.24, 2.45) is 0 Å². The van der Waals surface area contributed by atoms with E-state index < -0.39 is 0 Å². The van der Waals surface area contributed by atoms with Crippen LogP contribution in [0.15, 0.2) is 48.5 Å². The van der Waals surface area contributed by atoms with Crippen molar-refractivity contribution in [1.82, 2.24) is 0 Å². The Kier molecular flexibility index (Phi) is 4.31. The first-order chi connectivity index (χ1) is 9.24. The van der Waals surface area contributed by atoms with Crippen molar-refractivity contribution in [1.29, 1.82) is 0 Å². The van der Waals surface area contributed by atoms with Gasteiger partial charge in [-0.1, -0.05) is 42.5 Å². The summed E-state index contributed by atoms with van der Waals surface area (Å²) in [5.74, 6) is -0.259. The van der Waals surface area contributed by atoms with E-state index in [2.05, 4.69) is 0 Å². The van der Waals surface area contributed by atoms with Gasteiger partial charge in [-0.25, -0.2) is 0 Å². The molecule has 0 amide bonds. The van der Waals surface area contributed by atoms with Gasteiger partial charge in [-0.15, -0.1) is 0 Å². The molecule has 2 rings (SSSR count). The van der Waals surface area contributed by atoms with Crippen molar-refractivity contribution in [2.45, 2.75) is 13.0 Å². The third-order valence-electron chi connectivity index (χ3n) is 3.00. The van der Waals surface area contributed by atoms with Gasteiger partial charge >= 0.3 is 5.97 Å². The van der Waals surface area contributed by atoms with Crippen LogP contribution >= 0.6 is 0 Å². The minimum absolute atomic E-state index is 0.00695. The van der Waals surface area contributed by atoms with Gasteiger partial charge in [0.1, 0.15) is 0 Å². The van der Waals surface area contributed by atoms with Gasteiger partial charge in [0, 0.05) is 0 Å². The molecule has 0 saturated carbocycles. The third kappa shape index (κ3) is 3.20. The fraction of sp³-hybridized carbons (Fsp3) is 0.188. The SMILES string of the molecule is COC(=O)Cc1ccccc1-c1cccc(CO)c1. The first-order valence-electron chi connectivity index (χ1n) is 6.09. The van der Waals surface area contributed by atoms with E-state index in [0.717, 1.165) is 22.3 Å². The van der Waals surface area contributed by atoms with Crippen LogP contribution in [0, 0.1) is 0 Å². The Morgan fingerprint density at radius 3 is 2.68 bits per heavy atom. The number of esters is 1. The zero-order valence-corrected chi connectivity index (χ0v) is 10.8. The number of aliphatic hydroxyl groups excluding tert-OH is 1. The molecule has 0 radical (unpaired) electrons. The van der Waals surface area contributed by atoms with Gasteiger partial charge in [0.2, 0.25) is 0 Å². The summed E-state index contributed by atoms with van der Waals surface area (Å²) in [5.41, 5.74) is 3.75. The van der Waals surface area contributed by atoms with Crippen molar-refractivity contribution in [3.05, 3.63) is 59.7 Å². The van der Waals surface area contributed by atoms with Gasteiger partial charge in [-0.3, -0.25) is 4.79 Å². The molecule has 2 aromatic carbocycles. The van der Waals surface area contributed by atoms with E-state index in [1.165, 1.54) is 7.11 Å². The molecule has 0 bridgehead atoms. The van der Waals surface area contributed by atoms with E-state index in [1.807, 2.05) is 48.5 Å². The van der Waals surface area contributed by atoms with E-state index in [-0.39, 0.29) is 19.0 Å². The van der Waals surface area contributed by atoms with Crippen molar-refractivity contribution in [2.75, 3.05) is 7.11 Å². The van der Waals surface area contributed by atoms with E-state index in [0.29, 0.717) is 0 Å². The highest BCUT2D eigenvalue weighted by Crippen LogP contribution is 2.25. The maximum Gasteiger partial charge on any atom is 0.309 e. The highest BCUT2D eigenvalue weighted by atomic mass is 16.5. The van der Waals surface area contributed by atoms with E-state index in [4.69, 9.17) is 4.74 Å². The second-order valence-electron chi connectivity index (χ2n) is 4.27. The van der Waals surface area contributed by atoms with Gasteiger partial charge in [-0.05, 0) is 28.3 Å². The zero-order valence-electron chi connectivity index (χ0n) is 10.8. The smallest absolute Gasteiger partial charge is 0.309 e. The van der Waals surface area contributed by atoms with Gasteiger partial charge < -0.3 is 9.84 Å². The van der Waals surface area contributed by atoms with Crippen molar-refractivity contribution < 1.29 is 14.6 Å². The molecule has 0 spiro atoms. The lowest BCUT2D eigenvalue weighted by molar-refractivity contribution is -0.139. The Morgan fingerprint density at radius 2 is 1.95 bits per heavy atom. The van der Waals surface area contributed by atoms with Crippen LogP contribution in [0.4, 0.5) is 0 Å². The Labute approximate surface area is 112 Å². The summed E-state index contributed by atoms with van der Waals surface area (Å²) < 4.78 is 4.71. The molecule has 0 heterocycles. The van der Waals surface area contributed by atoms with Crippen molar-refractivity contribution in [3.63, 3.8) is 0 Å². The van der Waals surface area contributed by atoms with Crippen molar-refractivity contribution in [3.8, 4) is 11.1 Å². The van der Waals surface area contributed by atoms with Crippen LogP contribution in [-0.4, -0.2) is 18.2 Å². The summed E-state index contributed by atoms with van der Waals surface area (Å²) in [4.78, 5) is 11.4. The summed E-state index contributed by atoms with van der Waals surface area (Å²) in [6.45, 7) is 0.00695. The second-order valence-corrected chi connectivity index (χ2v) is 4.27. The Bertz CT molecular complexity index is 576. The lowest BCUT2D eigenvalue weighted by Crippen LogP contribution is -2.05. The minimum atomic E-state index is -0.259. The van der Waals surface area contributed by atoms with E-state index in [1.54, 1.807) is 0 Å². The number of carbonyl (C=O) groups is 1.